The van der Waals surface area contributed by atoms with E-state index in [0.29, 0.717) is 12.4 Å². The molecule has 0 aromatic heterocycles. The molecule has 20 heavy (non-hydrogen) atoms. The number of rotatable bonds is 3. The molecule has 1 aliphatic rings. The van der Waals surface area contributed by atoms with Gasteiger partial charge in [-0.3, -0.25) is 4.79 Å². The van der Waals surface area contributed by atoms with Crippen LogP contribution in [0, 0.1) is 5.41 Å². The third-order valence-corrected chi connectivity index (χ3v) is 3.14. The lowest BCUT2D eigenvalue weighted by Gasteiger charge is -2.19. The van der Waals surface area contributed by atoms with Gasteiger partial charge in [-0.1, -0.05) is 38.1 Å². The molecule has 0 fully saturated rings. The van der Waals surface area contributed by atoms with Crippen molar-refractivity contribution in [1.29, 1.82) is 0 Å². The van der Waals surface area contributed by atoms with Gasteiger partial charge in [0.15, 0.2) is 17.3 Å². The summed E-state index contributed by atoms with van der Waals surface area (Å²) >= 11 is 0. The first-order valence-electron chi connectivity index (χ1n) is 6.64. The van der Waals surface area contributed by atoms with Crippen LogP contribution in [0.15, 0.2) is 36.4 Å². The maximum Gasteiger partial charge on any atom is 0.168 e. The fourth-order valence-corrected chi connectivity index (χ4v) is 2.20. The molecule has 1 heterocycles. The second-order valence-corrected chi connectivity index (χ2v) is 5.66. The molecule has 1 aromatic rings. The van der Waals surface area contributed by atoms with Gasteiger partial charge in [-0.2, -0.15) is 0 Å². The van der Waals surface area contributed by atoms with Crippen molar-refractivity contribution < 1.29 is 14.3 Å². The number of para-hydroxylation sites is 1. The van der Waals surface area contributed by atoms with E-state index in [-0.39, 0.29) is 11.2 Å². The van der Waals surface area contributed by atoms with Crippen molar-refractivity contribution in [2.45, 2.75) is 20.8 Å². The maximum absolute atomic E-state index is 11.2. The molecule has 3 nitrogen and oxygen atoms in total. The van der Waals surface area contributed by atoms with Gasteiger partial charge in [0.2, 0.25) is 0 Å². The van der Waals surface area contributed by atoms with Crippen LogP contribution in [0.25, 0.3) is 5.57 Å². The van der Waals surface area contributed by atoms with E-state index in [0.717, 1.165) is 16.9 Å². The average molecular weight is 272 g/mol. The van der Waals surface area contributed by atoms with E-state index in [9.17, 15) is 4.79 Å². The molecular weight excluding hydrogens is 252 g/mol. The Labute approximate surface area is 119 Å². The van der Waals surface area contributed by atoms with E-state index < -0.39 is 0 Å². The normalized spacial score (nSPS) is 16.9. The number of methoxy groups -OCH3 is 1. The maximum atomic E-state index is 11.2. The van der Waals surface area contributed by atoms with Gasteiger partial charge in [-0.15, -0.1) is 0 Å². The standard InChI is InChI=1S/C17H20O3/c1-12(18)8-9-13-10-17(2,3)11-20-16-14(13)6-5-7-15(16)19-4/h5-10H,11H2,1-4H3/b9-8+. The van der Waals surface area contributed by atoms with Gasteiger partial charge in [-0.25, -0.2) is 0 Å². The molecule has 0 saturated heterocycles. The van der Waals surface area contributed by atoms with Crippen molar-refractivity contribution in [3.63, 3.8) is 0 Å². The first-order valence-corrected chi connectivity index (χ1v) is 6.64. The first-order chi connectivity index (χ1) is 9.43. The summed E-state index contributed by atoms with van der Waals surface area (Å²) in [5.74, 6) is 1.47. The Balaban J connectivity index is 2.57. The Morgan fingerprint density at radius 2 is 2.15 bits per heavy atom. The van der Waals surface area contributed by atoms with Gasteiger partial charge < -0.3 is 9.47 Å². The molecule has 0 bridgehead atoms. The molecule has 0 unspecified atom stereocenters. The Morgan fingerprint density at radius 3 is 2.80 bits per heavy atom. The van der Waals surface area contributed by atoms with Gasteiger partial charge in [0.1, 0.15) is 0 Å². The zero-order chi connectivity index (χ0) is 14.8. The second-order valence-electron chi connectivity index (χ2n) is 5.66. The van der Waals surface area contributed by atoms with Crippen molar-refractivity contribution >= 4 is 11.4 Å². The number of ketones is 1. The molecular formula is C17H20O3. The largest absolute Gasteiger partial charge is 0.493 e. The van der Waals surface area contributed by atoms with Gasteiger partial charge in [0.05, 0.1) is 13.7 Å². The molecule has 0 atom stereocenters. The molecule has 0 aliphatic carbocycles. The summed E-state index contributed by atoms with van der Waals surface area (Å²) < 4.78 is 11.3. The number of ether oxygens (including phenoxy) is 2. The van der Waals surface area contributed by atoms with E-state index in [1.165, 1.54) is 0 Å². The van der Waals surface area contributed by atoms with Crippen molar-refractivity contribution in [1.82, 2.24) is 0 Å². The number of benzene rings is 1. The SMILES string of the molecule is COc1cccc2c1OCC(C)(C)C=C2/C=C/C(C)=O. The van der Waals surface area contributed by atoms with Gasteiger partial charge >= 0.3 is 0 Å². The Kier molecular flexibility index (Phi) is 3.98. The highest BCUT2D eigenvalue weighted by Crippen LogP contribution is 2.41. The number of fused-ring (bicyclic) bond motifs is 1. The van der Waals surface area contributed by atoms with Crippen LogP contribution >= 0.6 is 0 Å². The number of hydrogen-bond donors (Lipinski definition) is 0. The lowest BCUT2D eigenvalue weighted by molar-refractivity contribution is -0.112. The minimum atomic E-state index is -0.111. The molecule has 0 radical (unpaired) electrons. The highest BCUT2D eigenvalue weighted by Gasteiger charge is 2.24. The van der Waals surface area contributed by atoms with Gasteiger partial charge in [0, 0.05) is 11.0 Å². The van der Waals surface area contributed by atoms with Crippen LogP contribution in [0.2, 0.25) is 0 Å². The van der Waals surface area contributed by atoms with Crippen molar-refractivity contribution in [3.8, 4) is 11.5 Å². The Morgan fingerprint density at radius 1 is 1.40 bits per heavy atom. The van der Waals surface area contributed by atoms with Crippen LogP contribution in [0.1, 0.15) is 26.3 Å². The highest BCUT2D eigenvalue weighted by molar-refractivity contribution is 5.92. The summed E-state index contributed by atoms with van der Waals surface area (Å²) in [7, 11) is 1.63. The van der Waals surface area contributed by atoms with Crippen LogP contribution in [0.5, 0.6) is 11.5 Å². The Hall–Kier alpha value is -2.03. The number of carbonyl (C=O) groups is 1. The van der Waals surface area contributed by atoms with Gasteiger partial charge in [0.25, 0.3) is 0 Å². The summed E-state index contributed by atoms with van der Waals surface area (Å²) in [6.07, 6.45) is 5.56. The molecule has 1 aromatic carbocycles. The number of hydrogen-bond acceptors (Lipinski definition) is 3. The van der Waals surface area contributed by atoms with Gasteiger partial charge in [-0.05, 0) is 24.6 Å². The molecule has 0 spiro atoms. The third kappa shape index (κ3) is 3.10. The second kappa shape index (κ2) is 5.53. The summed E-state index contributed by atoms with van der Waals surface area (Å²) in [5.41, 5.74) is 1.82. The lowest BCUT2D eigenvalue weighted by atomic mass is 9.90. The minimum absolute atomic E-state index is 0.0262. The topological polar surface area (TPSA) is 35.5 Å². The van der Waals surface area contributed by atoms with E-state index >= 15 is 0 Å². The summed E-state index contributed by atoms with van der Waals surface area (Å²) in [4.78, 5) is 11.2. The lowest BCUT2D eigenvalue weighted by Crippen LogP contribution is -2.17. The monoisotopic (exact) mass is 272 g/mol. The minimum Gasteiger partial charge on any atom is -0.493 e. The Bertz CT molecular complexity index is 580. The van der Waals surface area contributed by atoms with E-state index in [2.05, 4.69) is 19.9 Å². The molecule has 3 heteroatoms. The molecule has 0 saturated carbocycles. The fourth-order valence-electron chi connectivity index (χ4n) is 2.20. The van der Waals surface area contributed by atoms with Crippen LogP contribution in [0.3, 0.4) is 0 Å². The van der Waals surface area contributed by atoms with E-state index in [1.54, 1.807) is 20.1 Å². The van der Waals surface area contributed by atoms with Crippen LogP contribution in [0.4, 0.5) is 0 Å². The van der Waals surface area contributed by atoms with Crippen LogP contribution in [-0.4, -0.2) is 19.5 Å². The number of carbonyl (C=O) groups excluding carboxylic acids is 1. The summed E-state index contributed by atoms with van der Waals surface area (Å²) in [6.45, 7) is 6.32. The smallest absolute Gasteiger partial charge is 0.168 e. The quantitative estimate of drug-likeness (QED) is 0.788. The molecule has 2 rings (SSSR count). The van der Waals surface area contributed by atoms with Crippen LogP contribution in [-0.2, 0) is 4.79 Å². The number of allylic oxidation sites excluding steroid dienone is 3. The summed E-state index contributed by atoms with van der Waals surface area (Å²) in [5, 5.41) is 0. The average Bonchev–Trinajstić information content (AvgIpc) is 2.53. The fraction of sp³-hybridized carbons (Fsp3) is 0.353. The molecule has 0 N–H and O–H groups in total. The predicted molar refractivity (Wildman–Crippen MR) is 80.1 cm³/mol. The molecule has 1 aliphatic heterocycles. The molecule has 0 amide bonds. The van der Waals surface area contributed by atoms with Crippen LogP contribution < -0.4 is 9.47 Å². The van der Waals surface area contributed by atoms with Crippen molar-refractivity contribution in [2.75, 3.05) is 13.7 Å². The van der Waals surface area contributed by atoms with Crippen molar-refractivity contribution in [2.24, 2.45) is 5.41 Å². The highest BCUT2D eigenvalue weighted by atomic mass is 16.5. The van der Waals surface area contributed by atoms with Crippen molar-refractivity contribution in [3.05, 3.63) is 42.0 Å². The zero-order valence-electron chi connectivity index (χ0n) is 12.4. The third-order valence-electron chi connectivity index (χ3n) is 3.14. The predicted octanol–water partition coefficient (Wildman–Crippen LogP) is 3.64. The molecule has 106 valence electrons. The van der Waals surface area contributed by atoms with E-state index in [4.69, 9.17) is 9.47 Å². The first kappa shape index (κ1) is 14.4. The summed E-state index contributed by atoms with van der Waals surface area (Å²) in [6, 6.07) is 5.79. The zero-order valence-corrected chi connectivity index (χ0v) is 12.4. The van der Waals surface area contributed by atoms with E-state index in [1.807, 2.05) is 24.3 Å².